The summed E-state index contributed by atoms with van der Waals surface area (Å²) in [4.78, 5) is 22.3. The molecule has 0 saturated carbocycles. The van der Waals surface area contributed by atoms with Crippen molar-refractivity contribution >= 4 is 28.5 Å². The van der Waals surface area contributed by atoms with E-state index in [9.17, 15) is 9.18 Å². The summed E-state index contributed by atoms with van der Waals surface area (Å²) < 4.78 is 14.0. The van der Waals surface area contributed by atoms with Crippen molar-refractivity contribution in [1.29, 1.82) is 5.26 Å². The van der Waals surface area contributed by atoms with E-state index in [4.69, 9.17) is 5.26 Å². The molecule has 0 N–H and O–H groups in total. The van der Waals surface area contributed by atoms with Gasteiger partial charge >= 0.3 is 0 Å². The lowest BCUT2D eigenvalue weighted by atomic mass is 10.1. The zero-order chi connectivity index (χ0) is 17.8. The second-order valence-electron chi connectivity index (χ2n) is 5.31. The number of benzene rings is 1. The van der Waals surface area contributed by atoms with Crippen LogP contribution in [0.1, 0.15) is 21.1 Å². The van der Waals surface area contributed by atoms with E-state index in [1.807, 2.05) is 12.1 Å². The second-order valence-corrected chi connectivity index (χ2v) is 6.25. The first-order valence-corrected chi connectivity index (χ1v) is 8.27. The minimum Gasteiger partial charge on any atom is -0.343 e. The van der Waals surface area contributed by atoms with Crippen LogP contribution < -0.4 is 4.90 Å². The lowest BCUT2D eigenvalue weighted by Crippen LogP contribution is -2.12. The molecule has 0 saturated heterocycles. The number of Topliss-reactive ketones (excluding diaryl/α,β-unsaturated/α-hetero) is 1. The van der Waals surface area contributed by atoms with Crippen LogP contribution in [0.5, 0.6) is 0 Å². The standard InChI is InChI=1S/C18H13FN4OS/c1-23(15-3-2-4-21-10-15)16-6-12(5-13(19)7-16)17(24)8-18-22-14(9-20)11-25-18/h2-7,10-11H,8H2,1H3. The molecular weight excluding hydrogens is 339 g/mol. The van der Waals surface area contributed by atoms with Gasteiger partial charge in [-0.25, -0.2) is 9.37 Å². The number of hydrogen-bond donors (Lipinski definition) is 0. The van der Waals surface area contributed by atoms with Crippen molar-refractivity contribution in [2.24, 2.45) is 0 Å². The number of carbonyl (C=O) groups is 1. The highest BCUT2D eigenvalue weighted by Gasteiger charge is 2.14. The number of nitrogens with zero attached hydrogens (tertiary/aromatic N) is 4. The van der Waals surface area contributed by atoms with Gasteiger partial charge in [-0.2, -0.15) is 5.26 Å². The van der Waals surface area contributed by atoms with Crippen molar-refractivity contribution in [2.45, 2.75) is 6.42 Å². The summed E-state index contributed by atoms with van der Waals surface area (Å²) in [6.45, 7) is 0. The zero-order valence-corrected chi connectivity index (χ0v) is 14.1. The molecule has 1 aromatic carbocycles. The van der Waals surface area contributed by atoms with Crippen LogP contribution in [0, 0.1) is 17.1 Å². The Balaban J connectivity index is 1.86. The number of halogens is 1. The molecule has 0 atom stereocenters. The molecule has 3 aromatic rings. The van der Waals surface area contributed by atoms with Gasteiger partial charge in [0.05, 0.1) is 18.3 Å². The smallest absolute Gasteiger partial charge is 0.169 e. The van der Waals surface area contributed by atoms with Crippen molar-refractivity contribution in [3.63, 3.8) is 0 Å². The van der Waals surface area contributed by atoms with Crippen LogP contribution in [0.25, 0.3) is 0 Å². The molecule has 3 rings (SSSR count). The summed E-state index contributed by atoms with van der Waals surface area (Å²) in [5.74, 6) is -0.743. The third-order valence-corrected chi connectivity index (χ3v) is 4.45. The number of ketones is 1. The van der Waals surface area contributed by atoms with E-state index < -0.39 is 5.82 Å². The summed E-state index contributed by atoms with van der Waals surface area (Å²) in [7, 11) is 1.78. The highest BCUT2D eigenvalue weighted by molar-refractivity contribution is 7.09. The fourth-order valence-electron chi connectivity index (χ4n) is 2.31. The topological polar surface area (TPSA) is 69.9 Å². The maximum absolute atomic E-state index is 14.0. The summed E-state index contributed by atoms with van der Waals surface area (Å²) >= 11 is 1.24. The van der Waals surface area contributed by atoms with E-state index in [2.05, 4.69) is 9.97 Å². The number of thiazole rings is 1. The average molecular weight is 352 g/mol. The van der Waals surface area contributed by atoms with Gasteiger partial charge in [-0.05, 0) is 30.3 Å². The van der Waals surface area contributed by atoms with E-state index in [1.165, 1.54) is 23.5 Å². The van der Waals surface area contributed by atoms with Crippen molar-refractivity contribution in [2.75, 3.05) is 11.9 Å². The van der Waals surface area contributed by atoms with Gasteiger partial charge < -0.3 is 4.90 Å². The molecule has 0 radical (unpaired) electrons. The maximum Gasteiger partial charge on any atom is 0.169 e. The van der Waals surface area contributed by atoms with Crippen LogP contribution in [0.3, 0.4) is 0 Å². The number of carbonyl (C=O) groups excluding carboxylic acids is 1. The SMILES string of the molecule is CN(c1cccnc1)c1cc(F)cc(C(=O)Cc2nc(C#N)cs2)c1. The Hall–Kier alpha value is -3.11. The first kappa shape index (κ1) is 16.7. The molecular formula is C18H13FN4OS. The fourth-order valence-corrected chi connectivity index (χ4v) is 3.03. The van der Waals surface area contributed by atoms with Crippen LogP contribution >= 0.6 is 11.3 Å². The number of hydrogen-bond acceptors (Lipinski definition) is 6. The number of aromatic nitrogens is 2. The molecule has 5 nitrogen and oxygen atoms in total. The second kappa shape index (κ2) is 7.20. The third kappa shape index (κ3) is 3.87. The first-order chi connectivity index (χ1) is 12.1. The Morgan fingerprint density at radius 2 is 2.20 bits per heavy atom. The molecule has 0 spiro atoms. The van der Waals surface area contributed by atoms with Gasteiger partial charge in [0.2, 0.25) is 0 Å². The molecule has 124 valence electrons. The van der Waals surface area contributed by atoms with Crippen molar-refractivity contribution in [3.05, 3.63) is 70.2 Å². The highest BCUT2D eigenvalue weighted by atomic mass is 32.1. The molecule has 0 aliphatic rings. The van der Waals surface area contributed by atoms with Crippen LogP contribution in [-0.4, -0.2) is 22.8 Å². The number of pyridine rings is 1. The molecule has 25 heavy (non-hydrogen) atoms. The van der Waals surface area contributed by atoms with Crippen molar-refractivity contribution in [3.8, 4) is 6.07 Å². The monoisotopic (exact) mass is 352 g/mol. The normalized spacial score (nSPS) is 10.3. The van der Waals surface area contributed by atoms with Crippen LogP contribution in [0.15, 0.2) is 48.1 Å². The quantitative estimate of drug-likeness (QED) is 0.654. The fraction of sp³-hybridized carbons (Fsp3) is 0.111. The molecule has 0 unspecified atom stereocenters. The minimum absolute atomic E-state index is 0.0336. The predicted octanol–water partition coefficient (Wildman–Crippen LogP) is 3.74. The van der Waals surface area contributed by atoms with Crippen LogP contribution in [0.4, 0.5) is 15.8 Å². The summed E-state index contributed by atoms with van der Waals surface area (Å²) in [6.07, 6.45) is 3.35. The van der Waals surface area contributed by atoms with Gasteiger partial charge in [-0.3, -0.25) is 9.78 Å². The van der Waals surface area contributed by atoms with Gasteiger partial charge in [0.25, 0.3) is 0 Å². The zero-order valence-electron chi connectivity index (χ0n) is 13.3. The predicted molar refractivity (Wildman–Crippen MR) is 93.6 cm³/mol. The lowest BCUT2D eigenvalue weighted by Gasteiger charge is -2.19. The van der Waals surface area contributed by atoms with Crippen molar-refractivity contribution < 1.29 is 9.18 Å². The molecule has 7 heteroatoms. The van der Waals surface area contributed by atoms with E-state index in [0.717, 1.165) is 5.69 Å². The summed E-state index contributed by atoms with van der Waals surface area (Å²) in [5, 5.41) is 10.9. The van der Waals surface area contributed by atoms with Gasteiger partial charge in [0.15, 0.2) is 11.5 Å². The number of anilines is 2. The van der Waals surface area contributed by atoms with E-state index >= 15 is 0 Å². The number of rotatable bonds is 5. The van der Waals surface area contributed by atoms with E-state index in [0.29, 0.717) is 10.7 Å². The molecule has 0 fully saturated rings. The Morgan fingerprint density at radius 3 is 2.88 bits per heavy atom. The first-order valence-electron chi connectivity index (χ1n) is 7.39. The maximum atomic E-state index is 14.0. The highest BCUT2D eigenvalue weighted by Crippen LogP contribution is 2.25. The number of nitriles is 1. The Kier molecular flexibility index (Phi) is 4.82. The Labute approximate surface area is 148 Å². The Bertz CT molecular complexity index is 949. The largest absolute Gasteiger partial charge is 0.343 e. The molecule has 0 aliphatic carbocycles. The van der Waals surface area contributed by atoms with E-state index in [1.54, 1.807) is 41.9 Å². The molecule has 0 aliphatic heterocycles. The van der Waals surface area contributed by atoms with Gasteiger partial charge in [0, 0.05) is 29.9 Å². The molecule has 2 heterocycles. The molecule has 0 bridgehead atoms. The average Bonchev–Trinajstić information content (AvgIpc) is 3.09. The molecule has 0 amide bonds. The minimum atomic E-state index is -0.492. The van der Waals surface area contributed by atoms with E-state index in [-0.39, 0.29) is 23.5 Å². The van der Waals surface area contributed by atoms with Gasteiger partial charge in [-0.1, -0.05) is 0 Å². The van der Waals surface area contributed by atoms with Gasteiger partial charge in [0.1, 0.15) is 16.9 Å². The Morgan fingerprint density at radius 1 is 1.36 bits per heavy atom. The van der Waals surface area contributed by atoms with Crippen molar-refractivity contribution in [1.82, 2.24) is 9.97 Å². The summed E-state index contributed by atoms with van der Waals surface area (Å²) in [6, 6.07) is 9.77. The lowest BCUT2D eigenvalue weighted by molar-refractivity contribution is 0.0992. The van der Waals surface area contributed by atoms with Crippen LogP contribution in [0.2, 0.25) is 0 Å². The summed E-state index contributed by atoms with van der Waals surface area (Å²) in [5.41, 5.74) is 1.88. The van der Waals surface area contributed by atoms with Crippen LogP contribution in [-0.2, 0) is 6.42 Å². The third-order valence-electron chi connectivity index (χ3n) is 3.60. The van der Waals surface area contributed by atoms with Gasteiger partial charge in [-0.15, -0.1) is 11.3 Å². The molecule has 2 aromatic heterocycles.